The fraction of sp³-hybridized carbons (Fsp3) is 0.440. The Hall–Kier alpha value is -3.32. The smallest absolute Gasteiger partial charge is 0.354 e. The van der Waals surface area contributed by atoms with Crippen molar-refractivity contribution in [2.45, 2.75) is 48.5 Å². The zero-order valence-corrected chi connectivity index (χ0v) is 21.9. The third kappa shape index (κ3) is 5.58. The van der Waals surface area contributed by atoms with E-state index in [0.29, 0.717) is 27.8 Å². The predicted molar refractivity (Wildman–Crippen MR) is 144 cm³/mol. The molecule has 1 saturated heterocycles. The second kappa shape index (κ2) is 9.77. The quantitative estimate of drug-likeness (QED) is 0.306. The van der Waals surface area contributed by atoms with Crippen LogP contribution in [-0.4, -0.2) is 73.0 Å². The van der Waals surface area contributed by atoms with Crippen molar-refractivity contribution in [2.75, 3.05) is 36.4 Å². The van der Waals surface area contributed by atoms with Crippen LogP contribution < -0.4 is 10.2 Å². The van der Waals surface area contributed by atoms with Gasteiger partial charge < -0.3 is 14.8 Å². The highest BCUT2D eigenvalue weighted by Gasteiger charge is 2.32. The Morgan fingerprint density at radius 1 is 1.05 bits per heavy atom. The maximum Gasteiger partial charge on any atom is 0.396 e. The number of rotatable bonds is 7. The SMILES string of the molecule is Cc1cc(Nc2cc(N3CCN(C4CC4)CC3)nc(Sc3ccc4nc(CC(F)(F)F)n(C)c4c3)n2)n[nH]1.[HH].[HH]. The van der Waals surface area contributed by atoms with E-state index >= 15 is 0 Å². The molecule has 9 nitrogen and oxygen atoms in total. The van der Waals surface area contributed by atoms with Gasteiger partial charge in [0.2, 0.25) is 0 Å². The van der Waals surface area contributed by atoms with Gasteiger partial charge in [-0.05, 0) is 49.7 Å². The van der Waals surface area contributed by atoms with E-state index in [4.69, 9.17) is 9.97 Å². The molecule has 0 unspecified atom stereocenters. The number of imidazole rings is 1. The topological polar surface area (TPSA) is 90.8 Å². The highest BCUT2D eigenvalue weighted by Crippen LogP contribution is 2.33. The van der Waals surface area contributed by atoms with Gasteiger partial charge in [0.05, 0.1) is 11.0 Å². The van der Waals surface area contributed by atoms with Gasteiger partial charge in [0.25, 0.3) is 0 Å². The van der Waals surface area contributed by atoms with Crippen molar-refractivity contribution in [3.63, 3.8) is 0 Å². The van der Waals surface area contributed by atoms with Crippen molar-refractivity contribution in [1.82, 2.24) is 34.6 Å². The number of alkyl halides is 3. The molecule has 0 amide bonds. The van der Waals surface area contributed by atoms with Crippen LogP contribution in [0.4, 0.5) is 30.6 Å². The van der Waals surface area contributed by atoms with Crippen LogP contribution in [0.5, 0.6) is 0 Å². The molecule has 6 rings (SSSR count). The molecule has 0 atom stereocenters. The van der Waals surface area contributed by atoms with E-state index in [1.807, 2.05) is 31.2 Å². The highest BCUT2D eigenvalue weighted by molar-refractivity contribution is 7.99. The van der Waals surface area contributed by atoms with Gasteiger partial charge in [-0.25, -0.2) is 15.0 Å². The number of H-pyrrole nitrogens is 1. The van der Waals surface area contributed by atoms with Crippen molar-refractivity contribution < 1.29 is 16.0 Å². The number of halogens is 3. The van der Waals surface area contributed by atoms with Crippen LogP contribution in [0.25, 0.3) is 11.0 Å². The number of aryl methyl sites for hydroxylation is 2. The zero-order chi connectivity index (χ0) is 26.4. The molecule has 0 spiro atoms. The second-order valence-electron chi connectivity index (χ2n) is 9.84. The lowest BCUT2D eigenvalue weighted by Crippen LogP contribution is -2.47. The summed E-state index contributed by atoms with van der Waals surface area (Å²) in [5.41, 5.74) is 2.09. The van der Waals surface area contributed by atoms with Crippen molar-refractivity contribution in [3.05, 3.63) is 41.9 Å². The Labute approximate surface area is 224 Å². The fourth-order valence-corrected chi connectivity index (χ4v) is 5.58. The number of anilines is 3. The van der Waals surface area contributed by atoms with Gasteiger partial charge in [-0.1, -0.05) is 0 Å². The van der Waals surface area contributed by atoms with Gasteiger partial charge in [0, 0.05) is 64.8 Å². The molecule has 2 aliphatic rings. The Balaban J connectivity index is 0.00000185. The minimum atomic E-state index is -4.32. The van der Waals surface area contributed by atoms with Gasteiger partial charge in [0.1, 0.15) is 23.9 Å². The molecule has 1 saturated carbocycles. The van der Waals surface area contributed by atoms with E-state index < -0.39 is 12.6 Å². The first-order chi connectivity index (χ1) is 18.2. The van der Waals surface area contributed by atoms with E-state index in [-0.39, 0.29) is 8.68 Å². The average molecular weight is 548 g/mol. The van der Waals surface area contributed by atoms with E-state index in [0.717, 1.165) is 48.6 Å². The van der Waals surface area contributed by atoms with Gasteiger partial charge in [-0.15, -0.1) is 0 Å². The number of fused-ring (bicyclic) bond motifs is 1. The molecule has 204 valence electrons. The number of nitrogens with zero attached hydrogens (tertiary/aromatic N) is 7. The summed E-state index contributed by atoms with van der Waals surface area (Å²) in [5, 5.41) is 11.0. The fourth-order valence-electron chi connectivity index (χ4n) is 4.78. The maximum absolute atomic E-state index is 13.0. The zero-order valence-electron chi connectivity index (χ0n) is 21.1. The first kappa shape index (κ1) is 25.0. The monoisotopic (exact) mass is 547 g/mol. The van der Waals surface area contributed by atoms with Gasteiger partial charge in [-0.3, -0.25) is 10.00 Å². The number of benzene rings is 1. The molecule has 2 N–H and O–H groups in total. The summed E-state index contributed by atoms with van der Waals surface area (Å²) in [6, 6.07) is 10.00. The van der Waals surface area contributed by atoms with Crippen molar-refractivity contribution >= 4 is 40.2 Å². The number of hydrogen-bond acceptors (Lipinski definition) is 8. The third-order valence-electron chi connectivity index (χ3n) is 6.87. The van der Waals surface area contributed by atoms with Crippen molar-refractivity contribution in [3.8, 4) is 0 Å². The summed E-state index contributed by atoms with van der Waals surface area (Å²) in [5.74, 6) is 2.11. The third-order valence-corrected chi connectivity index (χ3v) is 7.72. The van der Waals surface area contributed by atoms with Crippen LogP contribution in [-0.2, 0) is 13.5 Å². The lowest BCUT2D eigenvalue weighted by molar-refractivity contribution is -0.128. The number of piperazine rings is 1. The van der Waals surface area contributed by atoms with E-state index in [1.54, 1.807) is 13.1 Å². The lowest BCUT2D eigenvalue weighted by atomic mass is 10.3. The Morgan fingerprint density at radius 3 is 2.53 bits per heavy atom. The molecule has 13 heteroatoms. The van der Waals surface area contributed by atoms with Crippen LogP contribution in [0.3, 0.4) is 0 Å². The minimum Gasteiger partial charge on any atom is -0.354 e. The van der Waals surface area contributed by atoms with Crippen molar-refractivity contribution in [1.29, 1.82) is 0 Å². The molecular formula is C25H32F3N9S. The highest BCUT2D eigenvalue weighted by atomic mass is 32.2. The Bertz CT molecular complexity index is 1460. The standard InChI is InChI=1S/C25H28F3N9S.2H2/c1-15-11-21(34-33-15)30-20-13-22(37-9-7-36(8-10-37)16-3-4-16)32-24(31-20)38-17-5-6-18-19(12-17)35(2)23(29-18)14-25(26,27)28;;/h5-6,11-13,16H,3-4,7-10,14H2,1-2H3,(H2,30,31,32,33,34);2*1H. The molecule has 3 aromatic heterocycles. The van der Waals surface area contributed by atoms with E-state index in [1.165, 1.54) is 29.2 Å². The Kier molecular flexibility index (Phi) is 6.42. The summed E-state index contributed by atoms with van der Waals surface area (Å²) < 4.78 is 40.4. The molecule has 1 aliphatic heterocycles. The largest absolute Gasteiger partial charge is 0.396 e. The number of hydrogen-bond donors (Lipinski definition) is 2. The molecule has 2 fully saturated rings. The second-order valence-corrected chi connectivity index (χ2v) is 10.9. The molecule has 1 aliphatic carbocycles. The number of nitrogens with one attached hydrogen (secondary N) is 2. The first-order valence-electron chi connectivity index (χ1n) is 12.6. The van der Waals surface area contributed by atoms with E-state index in [2.05, 4.69) is 30.3 Å². The van der Waals surface area contributed by atoms with Crippen LogP contribution in [0.2, 0.25) is 0 Å². The van der Waals surface area contributed by atoms with Crippen LogP contribution in [0.1, 0.15) is 27.2 Å². The van der Waals surface area contributed by atoms with Crippen LogP contribution in [0, 0.1) is 6.92 Å². The average Bonchev–Trinajstić information content (AvgIpc) is 3.58. The number of aromatic amines is 1. The molecule has 38 heavy (non-hydrogen) atoms. The summed E-state index contributed by atoms with van der Waals surface area (Å²) in [6.07, 6.45) is -2.79. The maximum atomic E-state index is 13.0. The first-order valence-corrected chi connectivity index (χ1v) is 13.4. The molecule has 4 heterocycles. The van der Waals surface area contributed by atoms with Gasteiger partial charge >= 0.3 is 6.18 Å². The minimum absolute atomic E-state index is 0. The number of aromatic nitrogens is 6. The summed E-state index contributed by atoms with van der Waals surface area (Å²) in [4.78, 5) is 19.4. The molecular weight excluding hydrogens is 515 g/mol. The Morgan fingerprint density at radius 2 is 1.84 bits per heavy atom. The predicted octanol–water partition coefficient (Wildman–Crippen LogP) is 5.17. The molecule has 4 aromatic rings. The van der Waals surface area contributed by atoms with E-state index in [9.17, 15) is 13.2 Å². The molecule has 1 aromatic carbocycles. The molecule has 0 bridgehead atoms. The lowest BCUT2D eigenvalue weighted by Gasteiger charge is -2.35. The van der Waals surface area contributed by atoms with Gasteiger partial charge in [-0.2, -0.15) is 18.3 Å². The van der Waals surface area contributed by atoms with Crippen LogP contribution in [0.15, 0.2) is 40.4 Å². The summed E-state index contributed by atoms with van der Waals surface area (Å²) >= 11 is 1.37. The normalized spacial score (nSPS) is 16.9. The summed E-state index contributed by atoms with van der Waals surface area (Å²) in [6.45, 7) is 5.73. The van der Waals surface area contributed by atoms with Crippen molar-refractivity contribution in [2.24, 2.45) is 7.05 Å². The molecule has 0 radical (unpaired) electrons. The van der Waals surface area contributed by atoms with Gasteiger partial charge in [0.15, 0.2) is 11.0 Å². The van der Waals surface area contributed by atoms with Crippen LogP contribution >= 0.6 is 11.8 Å². The summed E-state index contributed by atoms with van der Waals surface area (Å²) in [7, 11) is 1.61.